The van der Waals surface area contributed by atoms with E-state index in [-0.39, 0.29) is 6.03 Å². The smallest absolute Gasteiger partial charge is 0.319 e. The van der Waals surface area contributed by atoms with Crippen LogP contribution in [0.25, 0.3) is 0 Å². The van der Waals surface area contributed by atoms with Crippen LogP contribution in [0.5, 0.6) is 0 Å². The zero-order valence-corrected chi connectivity index (χ0v) is 12.9. The molecule has 1 rings (SSSR count). The Labute approximate surface area is 115 Å². The maximum Gasteiger partial charge on any atom is 0.319 e. The monoisotopic (exact) mass is 266 g/mol. The second-order valence-corrected chi connectivity index (χ2v) is 5.65. The lowest BCUT2D eigenvalue weighted by molar-refractivity contribution is 0.251. The molecule has 19 heavy (non-hydrogen) atoms. The van der Waals surface area contributed by atoms with Crippen LogP contribution in [-0.4, -0.2) is 22.4 Å². The van der Waals surface area contributed by atoms with Gasteiger partial charge in [0.25, 0.3) is 0 Å². The summed E-state index contributed by atoms with van der Waals surface area (Å²) in [5, 5.41) is 10.2. The predicted molar refractivity (Wildman–Crippen MR) is 78.6 cm³/mol. The Hall–Kier alpha value is -1.52. The zero-order chi connectivity index (χ0) is 14.6. The van der Waals surface area contributed by atoms with Crippen LogP contribution in [0.2, 0.25) is 0 Å². The molecule has 2 amide bonds. The average Bonchev–Trinajstić information content (AvgIpc) is 2.56. The Bertz CT molecular complexity index is 435. The van der Waals surface area contributed by atoms with E-state index >= 15 is 0 Å². The van der Waals surface area contributed by atoms with E-state index < -0.39 is 0 Å². The van der Waals surface area contributed by atoms with Crippen LogP contribution < -0.4 is 10.6 Å². The molecule has 0 saturated carbocycles. The number of rotatable bonds is 5. The third-order valence-electron chi connectivity index (χ3n) is 3.06. The van der Waals surface area contributed by atoms with Crippen molar-refractivity contribution < 1.29 is 4.79 Å². The summed E-state index contributed by atoms with van der Waals surface area (Å²) in [4.78, 5) is 11.8. The summed E-state index contributed by atoms with van der Waals surface area (Å²) in [5.74, 6) is 0.590. The first-order valence-electron chi connectivity index (χ1n) is 6.93. The van der Waals surface area contributed by atoms with Crippen molar-refractivity contribution in [2.45, 2.75) is 54.0 Å². The third-order valence-corrected chi connectivity index (χ3v) is 3.06. The van der Waals surface area contributed by atoms with Gasteiger partial charge in [-0.2, -0.15) is 5.10 Å². The molecule has 5 nitrogen and oxygen atoms in total. The van der Waals surface area contributed by atoms with Crippen LogP contribution in [0.3, 0.4) is 0 Å². The molecule has 0 unspecified atom stereocenters. The maximum atomic E-state index is 11.8. The van der Waals surface area contributed by atoms with E-state index in [0.29, 0.717) is 18.5 Å². The fourth-order valence-corrected chi connectivity index (χ4v) is 1.98. The number of hydrogen-bond donors (Lipinski definition) is 2. The third kappa shape index (κ3) is 4.26. The van der Waals surface area contributed by atoms with E-state index in [0.717, 1.165) is 23.5 Å². The zero-order valence-electron chi connectivity index (χ0n) is 12.9. The Morgan fingerprint density at radius 2 is 1.89 bits per heavy atom. The summed E-state index contributed by atoms with van der Waals surface area (Å²) in [6.07, 6.45) is 0.983. The highest BCUT2D eigenvalue weighted by atomic mass is 16.2. The van der Waals surface area contributed by atoms with Gasteiger partial charge in [0.05, 0.1) is 17.1 Å². The molecular formula is C14H26N4O. The summed E-state index contributed by atoms with van der Waals surface area (Å²) in [6, 6.07) is 0.133. The van der Waals surface area contributed by atoms with Crippen molar-refractivity contribution in [3.8, 4) is 0 Å². The van der Waals surface area contributed by atoms with Crippen molar-refractivity contribution in [3.63, 3.8) is 0 Å². The lowest BCUT2D eigenvalue weighted by Crippen LogP contribution is -2.30. The van der Waals surface area contributed by atoms with Gasteiger partial charge in [-0.05, 0) is 40.0 Å². The van der Waals surface area contributed by atoms with Gasteiger partial charge in [-0.15, -0.1) is 0 Å². The molecule has 0 spiro atoms. The van der Waals surface area contributed by atoms with E-state index in [9.17, 15) is 4.79 Å². The topological polar surface area (TPSA) is 59.0 Å². The minimum absolute atomic E-state index is 0.157. The summed E-state index contributed by atoms with van der Waals surface area (Å²) in [6.45, 7) is 13.0. The number of carbonyl (C=O) groups is 1. The Balaban J connectivity index is 2.64. The van der Waals surface area contributed by atoms with Gasteiger partial charge >= 0.3 is 6.03 Å². The Morgan fingerprint density at radius 3 is 2.37 bits per heavy atom. The van der Waals surface area contributed by atoms with E-state index in [4.69, 9.17) is 0 Å². The van der Waals surface area contributed by atoms with Crippen molar-refractivity contribution in [1.29, 1.82) is 0 Å². The highest BCUT2D eigenvalue weighted by molar-refractivity contribution is 5.90. The molecule has 0 fully saturated rings. The van der Waals surface area contributed by atoms with Crippen molar-refractivity contribution >= 4 is 11.7 Å². The SMILES string of the molecule is Cc1nn(C(C)C)c(C)c1NC(=O)NCCC(C)C. The molecule has 0 aromatic carbocycles. The number of urea groups is 1. The summed E-state index contributed by atoms with van der Waals surface area (Å²) < 4.78 is 1.93. The predicted octanol–water partition coefficient (Wildman–Crippen LogP) is 3.25. The molecule has 5 heteroatoms. The quantitative estimate of drug-likeness (QED) is 0.859. The van der Waals surface area contributed by atoms with Crippen LogP contribution in [0.15, 0.2) is 0 Å². The highest BCUT2D eigenvalue weighted by Gasteiger charge is 2.15. The number of aromatic nitrogens is 2. The first-order chi connectivity index (χ1) is 8.82. The molecule has 0 radical (unpaired) electrons. The van der Waals surface area contributed by atoms with Gasteiger partial charge in [0, 0.05) is 12.6 Å². The molecule has 2 N–H and O–H groups in total. The number of carbonyl (C=O) groups excluding carboxylic acids is 1. The van der Waals surface area contributed by atoms with Crippen LogP contribution in [0, 0.1) is 19.8 Å². The van der Waals surface area contributed by atoms with Gasteiger partial charge in [0.15, 0.2) is 0 Å². The summed E-state index contributed by atoms with van der Waals surface area (Å²) in [5.41, 5.74) is 2.66. The largest absolute Gasteiger partial charge is 0.338 e. The van der Waals surface area contributed by atoms with Gasteiger partial charge in [0.1, 0.15) is 0 Å². The van der Waals surface area contributed by atoms with Crippen molar-refractivity contribution in [2.24, 2.45) is 5.92 Å². The minimum Gasteiger partial charge on any atom is -0.338 e. The van der Waals surface area contributed by atoms with Gasteiger partial charge in [0.2, 0.25) is 0 Å². The number of nitrogens with one attached hydrogen (secondary N) is 2. The molecule has 0 aliphatic rings. The highest BCUT2D eigenvalue weighted by Crippen LogP contribution is 2.22. The van der Waals surface area contributed by atoms with Crippen LogP contribution >= 0.6 is 0 Å². The van der Waals surface area contributed by atoms with Crippen LogP contribution in [0.1, 0.15) is 51.5 Å². The number of hydrogen-bond acceptors (Lipinski definition) is 2. The molecule has 0 bridgehead atoms. The number of aryl methyl sites for hydroxylation is 1. The van der Waals surface area contributed by atoms with Crippen molar-refractivity contribution in [3.05, 3.63) is 11.4 Å². The Morgan fingerprint density at radius 1 is 1.26 bits per heavy atom. The van der Waals surface area contributed by atoms with E-state index in [2.05, 4.69) is 43.4 Å². The second kappa shape index (κ2) is 6.59. The van der Waals surface area contributed by atoms with E-state index in [1.165, 1.54) is 0 Å². The van der Waals surface area contributed by atoms with E-state index in [1.807, 2.05) is 18.5 Å². The first-order valence-corrected chi connectivity index (χ1v) is 6.93. The van der Waals surface area contributed by atoms with Gasteiger partial charge in [-0.25, -0.2) is 4.79 Å². The molecule has 1 aromatic rings. The lowest BCUT2D eigenvalue weighted by Gasteiger charge is -2.10. The van der Waals surface area contributed by atoms with Gasteiger partial charge < -0.3 is 10.6 Å². The molecule has 0 aliphatic heterocycles. The van der Waals surface area contributed by atoms with Crippen LogP contribution in [0.4, 0.5) is 10.5 Å². The molecule has 0 saturated heterocycles. The standard InChI is InChI=1S/C14H26N4O/c1-9(2)7-8-15-14(19)16-13-11(5)17-18(10(3)4)12(13)6/h9-10H,7-8H2,1-6H3,(H2,15,16,19). The Kier molecular flexibility index (Phi) is 5.39. The number of anilines is 1. The molecule has 108 valence electrons. The maximum absolute atomic E-state index is 11.8. The number of amides is 2. The molecule has 0 aliphatic carbocycles. The van der Waals surface area contributed by atoms with E-state index in [1.54, 1.807) is 0 Å². The van der Waals surface area contributed by atoms with Crippen LogP contribution in [-0.2, 0) is 0 Å². The molecule has 0 atom stereocenters. The lowest BCUT2D eigenvalue weighted by atomic mass is 10.1. The van der Waals surface area contributed by atoms with Gasteiger partial charge in [-0.1, -0.05) is 13.8 Å². The first kappa shape index (κ1) is 15.5. The fraction of sp³-hybridized carbons (Fsp3) is 0.714. The number of nitrogens with zero attached hydrogens (tertiary/aromatic N) is 2. The summed E-state index contributed by atoms with van der Waals surface area (Å²) in [7, 11) is 0. The van der Waals surface area contributed by atoms with Gasteiger partial charge in [-0.3, -0.25) is 4.68 Å². The van der Waals surface area contributed by atoms with Crippen molar-refractivity contribution in [2.75, 3.05) is 11.9 Å². The normalized spacial score (nSPS) is 11.2. The fourth-order valence-electron chi connectivity index (χ4n) is 1.98. The minimum atomic E-state index is -0.157. The molecule has 1 heterocycles. The summed E-state index contributed by atoms with van der Waals surface area (Å²) >= 11 is 0. The molecule has 1 aromatic heterocycles. The second-order valence-electron chi connectivity index (χ2n) is 5.65. The molecular weight excluding hydrogens is 240 g/mol. The average molecular weight is 266 g/mol. The van der Waals surface area contributed by atoms with Crippen molar-refractivity contribution in [1.82, 2.24) is 15.1 Å².